The average Bonchev–Trinajstić information content (AvgIpc) is 3.12. The molecule has 0 radical (unpaired) electrons. The minimum Gasteiger partial charge on any atom is -0.496 e. The van der Waals surface area contributed by atoms with Crippen molar-refractivity contribution < 1.29 is 9.53 Å². The number of nitrogens with zero attached hydrogens (tertiary/aromatic N) is 3. The summed E-state index contributed by atoms with van der Waals surface area (Å²) in [5.74, 6) is 2.70. The summed E-state index contributed by atoms with van der Waals surface area (Å²) in [5, 5.41) is 0. The lowest BCUT2D eigenvalue weighted by molar-refractivity contribution is -0.131. The number of amides is 1. The summed E-state index contributed by atoms with van der Waals surface area (Å²) in [7, 11) is 1.71. The number of hydrogen-bond donors (Lipinski definition) is 0. The molecule has 0 N–H and O–H groups in total. The summed E-state index contributed by atoms with van der Waals surface area (Å²) >= 11 is 0. The van der Waals surface area contributed by atoms with Crippen molar-refractivity contribution in [2.75, 3.05) is 20.2 Å². The summed E-state index contributed by atoms with van der Waals surface area (Å²) in [6.45, 7) is 2.69. The molecule has 25 heavy (non-hydrogen) atoms. The first kappa shape index (κ1) is 15.0. The second-order valence-corrected chi connectivity index (χ2v) is 7.63. The first-order valence-electron chi connectivity index (χ1n) is 9.20. The highest BCUT2D eigenvalue weighted by atomic mass is 16.5. The van der Waals surface area contributed by atoms with Gasteiger partial charge in [0.15, 0.2) is 0 Å². The lowest BCUT2D eigenvalue weighted by Crippen LogP contribution is -2.34. The predicted molar refractivity (Wildman–Crippen MR) is 94.4 cm³/mol. The molecule has 1 amide bonds. The van der Waals surface area contributed by atoms with Crippen LogP contribution in [0.3, 0.4) is 0 Å². The van der Waals surface area contributed by atoms with E-state index < -0.39 is 0 Å². The van der Waals surface area contributed by atoms with Crippen LogP contribution in [0.15, 0.2) is 30.5 Å². The van der Waals surface area contributed by atoms with Gasteiger partial charge >= 0.3 is 0 Å². The Morgan fingerprint density at radius 3 is 2.84 bits per heavy atom. The zero-order valence-electron chi connectivity index (χ0n) is 14.6. The smallest absolute Gasteiger partial charge is 0.225 e. The Labute approximate surface area is 147 Å². The van der Waals surface area contributed by atoms with Gasteiger partial charge < -0.3 is 14.2 Å². The van der Waals surface area contributed by atoms with Gasteiger partial charge in [-0.05, 0) is 37.8 Å². The van der Waals surface area contributed by atoms with E-state index in [0.29, 0.717) is 11.8 Å². The van der Waals surface area contributed by atoms with Crippen LogP contribution in [0, 0.1) is 5.92 Å². The zero-order valence-corrected chi connectivity index (χ0v) is 14.6. The number of fused-ring (bicyclic) bond motifs is 2. The van der Waals surface area contributed by atoms with Gasteiger partial charge in [0, 0.05) is 36.5 Å². The normalized spacial score (nSPS) is 24.8. The number of aromatic nitrogens is 2. The van der Waals surface area contributed by atoms with Crippen LogP contribution in [0.25, 0.3) is 11.3 Å². The Morgan fingerprint density at radius 1 is 1.24 bits per heavy atom. The largest absolute Gasteiger partial charge is 0.496 e. The molecule has 1 spiro atoms. The fourth-order valence-corrected chi connectivity index (χ4v) is 4.57. The third kappa shape index (κ3) is 2.21. The van der Waals surface area contributed by atoms with Crippen molar-refractivity contribution in [3.05, 3.63) is 36.3 Å². The van der Waals surface area contributed by atoms with Crippen LogP contribution >= 0.6 is 0 Å². The van der Waals surface area contributed by atoms with Crippen LogP contribution in [0.5, 0.6) is 5.75 Å². The maximum Gasteiger partial charge on any atom is 0.225 e. The summed E-state index contributed by atoms with van der Waals surface area (Å²) in [6, 6.07) is 8.11. The molecule has 5 rings (SSSR count). The molecule has 2 aromatic rings. The third-order valence-electron chi connectivity index (χ3n) is 6.12. The van der Waals surface area contributed by atoms with E-state index >= 15 is 0 Å². The Kier molecular flexibility index (Phi) is 3.21. The highest BCUT2D eigenvalue weighted by Gasteiger charge is 2.49. The summed E-state index contributed by atoms with van der Waals surface area (Å²) < 4.78 is 7.87. The van der Waals surface area contributed by atoms with Crippen LogP contribution in [-0.2, 0) is 16.8 Å². The van der Waals surface area contributed by atoms with E-state index in [-0.39, 0.29) is 5.41 Å². The Bertz CT molecular complexity index is 839. The topological polar surface area (TPSA) is 47.4 Å². The number of carbonyl (C=O) groups excluding carboxylic acids is 1. The average molecular weight is 337 g/mol. The van der Waals surface area contributed by atoms with Crippen LogP contribution < -0.4 is 4.74 Å². The summed E-state index contributed by atoms with van der Waals surface area (Å²) in [5.41, 5.74) is 2.26. The van der Waals surface area contributed by atoms with Crippen LogP contribution in [0.1, 0.15) is 31.5 Å². The molecular formula is C20H23N3O2. The Morgan fingerprint density at radius 2 is 2.04 bits per heavy atom. The van der Waals surface area contributed by atoms with Crippen molar-refractivity contribution in [1.82, 2.24) is 14.5 Å². The van der Waals surface area contributed by atoms with Gasteiger partial charge in [0.05, 0.1) is 19.0 Å². The zero-order chi connectivity index (χ0) is 17.0. The predicted octanol–water partition coefficient (Wildman–Crippen LogP) is 2.84. The van der Waals surface area contributed by atoms with Crippen LogP contribution in [0.2, 0.25) is 0 Å². The molecule has 1 atom stereocenters. The molecule has 5 heteroatoms. The molecule has 2 aliphatic heterocycles. The molecule has 1 aliphatic carbocycles. The van der Waals surface area contributed by atoms with Crippen molar-refractivity contribution in [2.45, 2.75) is 37.6 Å². The molecule has 1 saturated heterocycles. The van der Waals surface area contributed by atoms with Gasteiger partial charge in [-0.3, -0.25) is 4.79 Å². The second kappa shape index (κ2) is 5.35. The molecule has 1 aromatic carbocycles. The maximum absolute atomic E-state index is 12.5. The van der Waals surface area contributed by atoms with Crippen LogP contribution in [0.4, 0.5) is 0 Å². The Hall–Kier alpha value is -2.30. The quantitative estimate of drug-likeness (QED) is 0.865. The molecule has 5 nitrogen and oxygen atoms in total. The van der Waals surface area contributed by atoms with Crippen molar-refractivity contribution in [3.8, 4) is 17.0 Å². The number of methoxy groups -OCH3 is 1. The van der Waals surface area contributed by atoms with E-state index in [2.05, 4.69) is 15.5 Å². The lowest BCUT2D eigenvalue weighted by atomic mass is 9.85. The molecule has 1 saturated carbocycles. The van der Waals surface area contributed by atoms with E-state index in [1.165, 1.54) is 0 Å². The van der Waals surface area contributed by atoms with Gasteiger partial charge in [-0.25, -0.2) is 4.98 Å². The van der Waals surface area contributed by atoms with Crippen molar-refractivity contribution >= 4 is 5.91 Å². The number of hydrogen-bond acceptors (Lipinski definition) is 3. The highest BCUT2D eigenvalue weighted by molar-refractivity contribution is 5.81. The molecule has 3 heterocycles. The fourth-order valence-electron chi connectivity index (χ4n) is 4.57. The first-order chi connectivity index (χ1) is 12.2. The van der Waals surface area contributed by atoms with Gasteiger partial charge in [0.1, 0.15) is 11.6 Å². The number of benzene rings is 1. The molecule has 0 bridgehead atoms. The Balaban J connectivity index is 1.48. The maximum atomic E-state index is 12.5. The molecule has 1 unspecified atom stereocenters. The van der Waals surface area contributed by atoms with Crippen molar-refractivity contribution in [1.29, 1.82) is 0 Å². The fraction of sp³-hybridized carbons (Fsp3) is 0.500. The molecular weight excluding hydrogens is 314 g/mol. The van der Waals surface area contributed by atoms with Gasteiger partial charge in [-0.15, -0.1) is 0 Å². The standard InChI is InChI=1S/C20H23N3O2/c1-25-17-5-3-2-4-15(17)16-12-21-19-20(9-11-23(16)19)8-10-22(13-20)18(24)14-6-7-14/h2-5,12,14H,6-11,13H2,1H3. The third-order valence-corrected chi connectivity index (χ3v) is 6.12. The monoisotopic (exact) mass is 337 g/mol. The number of ether oxygens (including phenoxy) is 1. The number of likely N-dealkylation sites (tertiary alicyclic amines) is 1. The van der Waals surface area contributed by atoms with E-state index in [9.17, 15) is 4.79 Å². The van der Waals surface area contributed by atoms with Gasteiger partial charge in [0.2, 0.25) is 5.91 Å². The lowest BCUT2D eigenvalue weighted by Gasteiger charge is -2.22. The number of para-hydroxylation sites is 1. The second-order valence-electron chi connectivity index (χ2n) is 7.63. The summed E-state index contributed by atoms with van der Waals surface area (Å²) in [4.78, 5) is 19.3. The minimum absolute atomic E-state index is 0.0464. The van der Waals surface area contributed by atoms with E-state index in [4.69, 9.17) is 9.72 Å². The highest BCUT2D eigenvalue weighted by Crippen LogP contribution is 2.46. The van der Waals surface area contributed by atoms with E-state index in [1.54, 1.807) is 7.11 Å². The summed E-state index contributed by atoms with van der Waals surface area (Å²) in [6.07, 6.45) is 6.24. The van der Waals surface area contributed by atoms with Gasteiger partial charge in [0.25, 0.3) is 0 Å². The van der Waals surface area contributed by atoms with Crippen molar-refractivity contribution in [2.24, 2.45) is 5.92 Å². The SMILES string of the molecule is COc1ccccc1-c1cnc2n1CCC21CCN(C(=O)C2CC2)C1. The number of imidazole rings is 1. The first-order valence-corrected chi connectivity index (χ1v) is 9.20. The minimum atomic E-state index is 0.0464. The molecule has 3 aliphatic rings. The van der Waals surface area contributed by atoms with E-state index in [0.717, 1.165) is 68.1 Å². The van der Waals surface area contributed by atoms with Crippen molar-refractivity contribution in [3.63, 3.8) is 0 Å². The number of rotatable bonds is 3. The molecule has 130 valence electrons. The van der Waals surface area contributed by atoms with Gasteiger partial charge in [-0.2, -0.15) is 0 Å². The van der Waals surface area contributed by atoms with E-state index in [1.807, 2.05) is 24.4 Å². The molecule has 1 aromatic heterocycles. The molecule has 2 fully saturated rings. The van der Waals surface area contributed by atoms with Crippen LogP contribution in [-0.4, -0.2) is 40.6 Å². The number of carbonyl (C=O) groups is 1. The van der Waals surface area contributed by atoms with Gasteiger partial charge in [-0.1, -0.05) is 12.1 Å².